The van der Waals surface area contributed by atoms with E-state index in [1.807, 2.05) is 20.8 Å². The Bertz CT molecular complexity index is 1510. The van der Waals surface area contributed by atoms with Crippen molar-refractivity contribution in [2.45, 2.75) is 40.0 Å². The molecule has 3 aromatic rings. The molecule has 0 N–H and O–H groups in total. The average molecular weight is 663 g/mol. The summed E-state index contributed by atoms with van der Waals surface area (Å²) in [5.41, 5.74) is 2.67. The largest absolute Gasteiger partial charge is 0.303 e. The highest BCUT2D eigenvalue weighted by Gasteiger charge is 2.38. The number of nitrogens with zero attached hydrogens (tertiary/aromatic N) is 4. The van der Waals surface area contributed by atoms with Crippen LogP contribution in [0.15, 0.2) is 72.8 Å². The Kier molecular flexibility index (Phi) is 9.87. The minimum Gasteiger partial charge on any atom is -0.303 e. The zero-order chi connectivity index (χ0) is 34.8. The predicted octanol–water partition coefficient (Wildman–Crippen LogP) is 5.26. The van der Waals surface area contributed by atoms with E-state index in [0.29, 0.717) is 72.6 Å². The summed E-state index contributed by atoms with van der Waals surface area (Å²) in [6.45, 7) is 9.23. The van der Waals surface area contributed by atoms with E-state index in [1.54, 1.807) is 72.8 Å². The Labute approximate surface area is 286 Å². The molecule has 49 heavy (non-hydrogen) atoms. The van der Waals surface area contributed by atoms with Crippen molar-refractivity contribution in [3.05, 3.63) is 106 Å². The van der Waals surface area contributed by atoms with Crippen LogP contribution in [0, 0.1) is 17.8 Å². The number of hydrogen-bond acceptors (Lipinski definition) is 7. The standard InChI is InChI=1S/C39H42N4O6/c1-25(22-41-34(44)28-10-4-5-11-29(28)35(41)45)16-19-40(20-17-26(2)23-42-36(46)30-12-6-7-13-31(30)37(42)47)21-18-27(3)24-43-38(48)32-14-8-9-15-33(32)39(43)49/h4-15,25-27H,16-24H2,1-3H3. The molecule has 0 bridgehead atoms. The van der Waals surface area contributed by atoms with Crippen molar-refractivity contribution in [1.29, 1.82) is 0 Å². The van der Waals surface area contributed by atoms with Crippen LogP contribution >= 0.6 is 0 Å². The molecule has 0 saturated heterocycles. The van der Waals surface area contributed by atoms with Crippen molar-refractivity contribution >= 4 is 35.4 Å². The summed E-state index contributed by atoms with van der Waals surface area (Å²) in [6, 6.07) is 20.7. The number of hydrogen-bond donors (Lipinski definition) is 0. The molecule has 0 fully saturated rings. The van der Waals surface area contributed by atoms with Gasteiger partial charge in [-0.05, 0) is 93.0 Å². The van der Waals surface area contributed by atoms with Gasteiger partial charge in [-0.25, -0.2) is 0 Å². The van der Waals surface area contributed by atoms with Crippen molar-refractivity contribution in [2.24, 2.45) is 17.8 Å². The molecule has 6 rings (SSSR count). The first kappa shape index (κ1) is 33.9. The lowest BCUT2D eigenvalue weighted by Crippen LogP contribution is -2.38. The molecule has 0 spiro atoms. The zero-order valence-corrected chi connectivity index (χ0v) is 28.3. The fraction of sp³-hybridized carbons (Fsp3) is 0.385. The Morgan fingerprint density at radius 1 is 0.408 bits per heavy atom. The summed E-state index contributed by atoms with van der Waals surface area (Å²) >= 11 is 0. The first-order chi connectivity index (χ1) is 23.5. The maximum absolute atomic E-state index is 12.9. The van der Waals surface area contributed by atoms with E-state index in [0.717, 1.165) is 19.3 Å². The van der Waals surface area contributed by atoms with Crippen molar-refractivity contribution in [2.75, 3.05) is 39.3 Å². The number of benzene rings is 3. The van der Waals surface area contributed by atoms with Crippen molar-refractivity contribution < 1.29 is 28.8 Å². The number of fused-ring (bicyclic) bond motifs is 3. The van der Waals surface area contributed by atoms with Gasteiger partial charge in [-0.15, -0.1) is 0 Å². The summed E-state index contributed by atoms with van der Waals surface area (Å²) in [6.07, 6.45) is 2.23. The van der Waals surface area contributed by atoms with Gasteiger partial charge in [0.05, 0.1) is 33.4 Å². The Morgan fingerprint density at radius 2 is 0.612 bits per heavy atom. The van der Waals surface area contributed by atoms with Crippen LogP contribution in [0.3, 0.4) is 0 Å². The van der Waals surface area contributed by atoms with E-state index in [2.05, 4.69) is 4.90 Å². The molecule has 3 aliphatic rings. The van der Waals surface area contributed by atoms with Gasteiger partial charge in [0.1, 0.15) is 0 Å². The zero-order valence-electron chi connectivity index (χ0n) is 28.3. The summed E-state index contributed by atoms with van der Waals surface area (Å²) in [5.74, 6) is -1.38. The van der Waals surface area contributed by atoms with Crippen LogP contribution in [0.5, 0.6) is 0 Å². The number of amides is 6. The Hall–Kier alpha value is -4.96. The second-order valence-corrected chi connectivity index (χ2v) is 13.8. The van der Waals surface area contributed by atoms with Crippen molar-refractivity contribution in [3.8, 4) is 0 Å². The molecule has 3 aromatic carbocycles. The lowest BCUT2D eigenvalue weighted by molar-refractivity contribution is 0.0617. The molecule has 0 aromatic heterocycles. The van der Waals surface area contributed by atoms with Gasteiger partial charge in [0.15, 0.2) is 0 Å². The molecule has 6 amide bonds. The van der Waals surface area contributed by atoms with Gasteiger partial charge in [-0.2, -0.15) is 0 Å². The molecular weight excluding hydrogens is 620 g/mol. The molecular formula is C39H42N4O6. The number of carbonyl (C=O) groups excluding carboxylic acids is 6. The van der Waals surface area contributed by atoms with Crippen LogP contribution in [0.25, 0.3) is 0 Å². The maximum Gasteiger partial charge on any atom is 0.261 e. The number of carbonyl (C=O) groups is 6. The third-order valence-electron chi connectivity index (χ3n) is 9.93. The number of rotatable bonds is 15. The second-order valence-electron chi connectivity index (χ2n) is 13.8. The summed E-state index contributed by atoms with van der Waals surface area (Å²) < 4.78 is 0. The minimum atomic E-state index is -0.256. The highest BCUT2D eigenvalue weighted by molar-refractivity contribution is 6.22. The van der Waals surface area contributed by atoms with Gasteiger partial charge >= 0.3 is 0 Å². The monoisotopic (exact) mass is 662 g/mol. The topological polar surface area (TPSA) is 115 Å². The fourth-order valence-corrected chi connectivity index (χ4v) is 6.97. The lowest BCUT2D eigenvalue weighted by atomic mass is 10.0. The molecule has 3 heterocycles. The van der Waals surface area contributed by atoms with Gasteiger partial charge in [-0.3, -0.25) is 43.5 Å². The normalized spacial score (nSPS) is 17.3. The average Bonchev–Trinajstić information content (AvgIpc) is 3.60. The van der Waals surface area contributed by atoms with E-state index in [1.165, 1.54) is 14.7 Å². The first-order valence-electron chi connectivity index (χ1n) is 17.1. The predicted molar refractivity (Wildman–Crippen MR) is 183 cm³/mol. The maximum atomic E-state index is 12.9. The third kappa shape index (κ3) is 6.83. The SMILES string of the molecule is CC(CCN(CCC(C)CN1C(=O)c2ccccc2C1=O)CCC(C)CN1C(=O)c2ccccc2C1=O)CN1C(=O)c2ccccc2C1=O. The van der Waals surface area contributed by atoms with E-state index >= 15 is 0 Å². The van der Waals surface area contributed by atoms with Gasteiger partial charge in [0.25, 0.3) is 35.4 Å². The van der Waals surface area contributed by atoms with Crippen molar-refractivity contribution in [3.63, 3.8) is 0 Å². The summed E-state index contributed by atoms with van der Waals surface area (Å²) in [5, 5.41) is 0. The van der Waals surface area contributed by atoms with Crippen LogP contribution in [0.4, 0.5) is 0 Å². The van der Waals surface area contributed by atoms with E-state index in [-0.39, 0.29) is 53.2 Å². The molecule has 0 radical (unpaired) electrons. The summed E-state index contributed by atoms with van der Waals surface area (Å²) in [7, 11) is 0. The Balaban J connectivity index is 1.06. The fourth-order valence-electron chi connectivity index (χ4n) is 6.97. The molecule has 3 unspecified atom stereocenters. The molecule has 10 nitrogen and oxygen atoms in total. The second kappa shape index (κ2) is 14.3. The van der Waals surface area contributed by atoms with E-state index in [9.17, 15) is 28.8 Å². The van der Waals surface area contributed by atoms with Gasteiger partial charge in [0.2, 0.25) is 0 Å². The molecule has 254 valence electrons. The van der Waals surface area contributed by atoms with Crippen LogP contribution in [0.2, 0.25) is 0 Å². The van der Waals surface area contributed by atoms with Crippen LogP contribution in [-0.2, 0) is 0 Å². The van der Waals surface area contributed by atoms with Crippen molar-refractivity contribution in [1.82, 2.24) is 19.6 Å². The molecule has 10 heteroatoms. The summed E-state index contributed by atoms with van der Waals surface area (Å²) in [4.78, 5) is 84.0. The van der Waals surface area contributed by atoms with Gasteiger partial charge in [0, 0.05) is 19.6 Å². The Morgan fingerprint density at radius 3 is 0.816 bits per heavy atom. The highest BCUT2D eigenvalue weighted by Crippen LogP contribution is 2.27. The molecule has 3 aliphatic heterocycles. The van der Waals surface area contributed by atoms with Crippen LogP contribution in [0.1, 0.15) is 102 Å². The highest BCUT2D eigenvalue weighted by atomic mass is 16.2. The lowest BCUT2D eigenvalue weighted by Gasteiger charge is -2.29. The first-order valence-corrected chi connectivity index (χ1v) is 17.1. The molecule has 3 atom stereocenters. The van der Waals surface area contributed by atoms with Crippen LogP contribution < -0.4 is 0 Å². The van der Waals surface area contributed by atoms with E-state index in [4.69, 9.17) is 0 Å². The molecule has 0 aliphatic carbocycles. The van der Waals surface area contributed by atoms with Gasteiger partial charge < -0.3 is 4.90 Å². The quantitative estimate of drug-likeness (QED) is 0.204. The number of imide groups is 3. The minimum absolute atomic E-state index is 0.0521. The van der Waals surface area contributed by atoms with Gasteiger partial charge in [-0.1, -0.05) is 57.2 Å². The van der Waals surface area contributed by atoms with E-state index < -0.39 is 0 Å². The smallest absolute Gasteiger partial charge is 0.261 e. The van der Waals surface area contributed by atoms with Crippen LogP contribution in [-0.4, -0.2) is 94.3 Å². The third-order valence-corrected chi connectivity index (χ3v) is 9.93. The molecule has 0 saturated carbocycles.